The van der Waals surface area contributed by atoms with Crippen LogP contribution in [0.25, 0.3) is 0 Å². The summed E-state index contributed by atoms with van der Waals surface area (Å²) in [5.41, 5.74) is -0.638. The lowest BCUT2D eigenvalue weighted by Gasteiger charge is -2.34. The van der Waals surface area contributed by atoms with E-state index in [0.717, 1.165) is 6.04 Å². The second kappa shape index (κ2) is 6.65. The summed E-state index contributed by atoms with van der Waals surface area (Å²) in [5.74, 6) is -0.128. The molecule has 1 N–H and O–H groups in total. The van der Waals surface area contributed by atoms with Crippen LogP contribution in [-0.2, 0) is 14.3 Å². The van der Waals surface area contributed by atoms with E-state index in [1.165, 1.54) is 14.0 Å². The fraction of sp³-hybridized carbons (Fsp3) is 0.800. The Labute approximate surface area is 98.7 Å². The third-order valence-corrected chi connectivity index (χ3v) is 4.17. The summed E-state index contributed by atoms with van der Waals surface area (Å²) in [5, 5.41) is 2.53. The number of Topliss-reactive ketones (excluding diaryl/α,β-unsaturated/α-hetero) is 1. The molecule has 16 heavy (non-hydrogen) atoms. The van der Waals surface area contributed by atoms with Gasteiger partial charge in [-0.05, 0) is 19.9 Å². The van der Waals surface area contributed by atoms with Gasteiger partial charge in [0.15, 0.2) is 5.78 Å². The monoisotopic (exact) mass is 247 g/mol. The molecule has 0 radical (unpaired) electrons. The number of ether oxygens (including phenoxy) is 2. The Hall–Kier alpha value is -0.883. The highest BCUT2D eigenvalue weighted by Gasteiger charge is 2.38. The number of hydrogen-bond acceptors (Lipinski definition) is 4. The Morgan fingerprint density at radius 2 is 2.00 bits per heavy atom. The van der Waals surface area contributed by atoms with E-state index in [0.29, 0.717) is 0 Å². The number of carbonyl (C=O) groups excluding carboxylic acids is 2. The van der Waals surface area contributed by atoms with Crippen molar-refractivity contribution in [3.05, 3.63) is 0 Å². The Bertz CT molecular complexity index is 259. The molecule has 0 unspecified atom stereocenters. The lowest BCUT2D eigenvalue weighted by atomic mass is 9.95. The van der Waals surface area contributed by atoms with Crippen molar-refractivity contribution < 1.29 is 19.1 Å². The van der Waals surface area contributed by atoms with Gasteiger partial charge in [0.05, 0.1) is 12.7 Å². The standard InChI is InChI=1S/C10H21NO4Si/c1-7(12)8(11-9(13)14-3)10(2,15-4)6-16-5/h8H,6,16H2,1-5H3,(H,11,13)/t8-,10-/m1/s1. The van der Waals surface area contributed by atoms with E-state index >= 15 is 0 Å². The molecule has 0 fully saturated rings. The molecule has 6 heteroatoms. The average Bonchev–Trinajstić information content (AvgIpc) is 2.25. The molecule has 0 aromatic heterocycles. The highest BCUT2D eigenvalue weighted by Crippen LogP contribution is 2.21. The summed E-state index contributed by atoms with van der Waals surface area (Å²) in [6.45, 7) is 5.41. The first kappa shape index (κ1) is 15.1. The topological polar surface area (TPSA) is 64.6 Å². The van der Waals surface area contributed by atoms with Crippen LogP contribution in [0.2, 0.25) is 12.6 Å². The van der Waals surface area contributed by atoms with Crippen molar-refractivity contribution in [3.8, 4) is 0 Å². The molecule has 94 valence electrons. The molecule has 0 aromatic carbocycles. The van der Waals surface area contributed by atoms with Gasteiger partial charge in [0.2, 0.25) is 0 Å². The van der Waals surface area contributed by atoms with Crippen LogP contribution in [-0.4, -0.2) is 47.3 Å². The fourth-order valence-corrected chi connectivity index (χ4v) is 3.21. The maximum atomic E-state index is 11.5. The number of carbonyl (C=O) groups is 2. The van der Waals surface area contributed by atoms with Crippen LogP contribution in [0.3, 0.4) is 0 Å². The van der Waals surface area contributed by atoms with Crippen LogP contribution in [0.15, 0.2) is 0 Å². The van der Waals surface area contributed by atoms with Gasteiger partial charge in [-0.1, -0.05) is 6.55 Å². The lowest BCUT2D eigenvalue weighted by Crippen LogP contribution is -2.56. The van der Waals surface area contributed by atoms with Gasteiger partial charge >= 0.3 is 6.09 Å². The van der Waals surface area contributed by atoms with E-state index in [1.807, 2.05) is 6.92 Å². The summed E-state index contributed by atoms with van der Waals surface area (Å²) < 4.78 is 9.89. The molecule has 0 saturated heterocycles. The molecule has 0 spiro atoms. The van der Waals surface area contributed by atoms with Crippen molar-refractivity contribution in [3.63, 3.8) is 0 Å². The molecule has 0 bridgehead atoms. The molecule has 1 amide bonds. The third kappa shape index (κ3) is 3.94. The Kier molecular flexibility index (Phi) is 6.28. The fourth-order valence-electron chi connectivity index (χ4n) is 1.72. The van der Waals surface area contributed by atoms with Gasteiger partial charge < -0.3 is 14.8 Å². The molecule has 0 rings (SSSR count). The number of alkyl carbamates (subject to hydrolysis) is 1. The van der Waals surface area contributed by atoms with Crippen molar-refractivity contribution in [1.29, 1.82) is 0 Å². The quantitative estimate of drug-likeness (QED) is 0.687. The molecule has 0 aromatic rings. The van der Waals surface area contributed by atoms with Crippen LogP contribution in [0.4, 0.5) is 4.79 Å². The van der Waals surface area contributed by atoms with Gasteiger partial charge in [-0.15, -0.1) is 0 Å². The van der Waals surface area contributed by atoms with Crippen molar-refractivity contribution >= 4 is 21.4 Å². The number of methoxy groups -OCH3 is 2. The first-order valence-corrected chi connectivity index (χ1v) is 7.72. The third-order valence-electron chi connectivity index (χ3n) is 2.68. The highest BCUT2D eigenvalue weighted by atomic mass is 28.2. The zero-order valence-electron chi connectivity index (χ0n) is 10.6. The SMILES string of the molecule is COC(=O)N[C@H](C(C)=O)[C@@](C)(C[SiH2]C)OC. The molecule has 0 heterocycles. The van der Waals surface area contributed by atoms with Gasteiger partial charge in [-0.25, -0.2) is 4.79 Å². The van der Waals surface area contributed by atoms with Gasteiger partial charge in [0, 0.05) is 16.6 Å². The van der Waals surface area contributed by atoms with Crippen molar-refractivity contribution in [2.75, 3.05) is 14.2 Å². The van der Waals surface area contributed by atoms with Crippen molar-refractivity contribution in [2.45, 2.75) is 38.1 Å². The minimum atomic E-state index is -0.655. The minimum Gasteiger partial charge on any atom is -0.453 e. The maximum Gasteiger partial charge on any atom is 0.407 e. The molecular formula is C10H21NO4Si. The Morgan fingerprint density at radius 3 is 2.31 bits per heavy atom. The lowest BCUT2D eigenvalue weighted by molar-refractivity contribution is -0.125. The van der Waals surface area contributed by atoms with Gasteiger partial charge in [-0.3, -0.25) is 4.79 Å². The van der Waals surface area contributed by atoms with Crippen LogP contribution in [0.5, 0.6) is 0 Å². The number of hydrogen-bond donors (Lipinski definition) is 1. The summed E-state index contributed by atoms with van der Waals surface area (Å²) >= 11 is 0. The van der Waals surface area contributed by atoms with Gasteiger partial charge in [0.25, 0.3) is 0 Å². The van der Waals surface area contributed by atoms with E-state index in [2.05, 4.69) is 16.6 Å². The average molecular weight is 247 g/mol. The van der Waals surface area contributed by atoms with E-state index in [4.69, 9.17) is 4.74 Å². The zero-order chi connectivity index (χ0) is 12.8. The number of rotatable bonds is 6. The normalized spacial score (nSPS) is 16.8. The molecule has 0 aliphatic rings. The number of ketones is 1. The van der Waals surface area contributed by atoms with E-state index in [1.54, 1.807) is 7.11 Å². The number of amides is 1. The van der Waals surface area contributed by atoms with Crippen LogP contribution in [0, 0.1) is 0 Å². The van der Waals surface area contributed by atoms with E-state index < -0.39 is 17.7 Å². The molecule has 5 nitrogen and oxygen atoms in total. The molecule has 2 atom stereocenters. The maximum absolute atomic E-state index is 11.5. The summed E-state index contributed by atoms with van der Waals surface area (Å²) in [6, 6.07) is 0.162. The summed E-state index contributed by atoms with van der Waals surface area (Å²) in [4.78, 5) is 22.7. The first-order chi connectivity index (χ1) is 7.41. The zero-order valence-corrected chi connectivity index (χ0v) is 12.0. The van der Waals surface area contributed by atoms with Crippen molar-refractivity contribution in [2.24, 2.45) is 0 Å². The molecular weight excluding hydrogens is 226 g/mol. The van der Waals surface area contributed by atoms with Crippen LogP contribution < -0.4 is 5.32 Å². The van der Waals surface area contributed by atoms with E-state index in [-0.39, 0.29) is 15.3 Å². The smallest absolute Gasteiger partial charge is 0.407 e. The molecule has 0 saturated carbocycles. The summed E-state index contributed by atoms with van der Waals surface area (Å²) in [6.07, 6.45) is -0.610. The highest BCUT2D eigenvalue weighted by molar-refractivity contribution is 6.34. The first-order valence-electron chi connectivity index (χ1n) is 5.31. The molecule has 0 aliphatic heterocycles. The van der Waals surface area contributed by atoms with Crippen LogP contribution in [0.1, 0.15) is 13.8 Å². The summed E-state index contributed by atoms with van der Waals surface area (Å²) in [7, 11) is 2.54. The Balaban J connectivity index is 4.86. The number of nitrogens with one attached hydrogen (secondary N) is 1. The minimum absolute atomic E-state index is 0.128. The molecule has 0 aliphatic carbocycles. The second-order valence-electron chi connectivity index (χ2n) is 3.95. The van der Waals surface area contributed by atoms with Crippen molar-refractivity contribution in [1.82, 2.24) is 5.32 Å². The van der Waals surface area contributed by atoms with Gasteiger partial charge in [-0.2, -0.15) is 0 Å². The van der Waals surface area contributed by atoms with E-state index in [9.17, 15) is 9.59 Å². The predicted octanol–water partition coefficient (Wildman–Crippen LogP) is 0.340. The second-order valence-corrected chi connectivity index (χ2v) is 5.45. The predicted molar refractivity (Wildman–Crippen MR) is 64.6 cm³/mol. The van der Waals surface area contributed by atoms with Gasteiger partial charge in [0.1, 0.15) is 6.04 Å². The van der Waals surface area contributed by atoms with Crippen LogP contribution >= 0.6 is 0 Å². The Morgan fingerprint density at radius 1 is 1.44 bits per heavy atom. The largest absolute Gasteiger partial charge is 0.453 e.